The quantitative estimate of drug-likeness (QED) is 0.790. The molecule has 1 aromatic heterocycles. The van der Waals surface area contributed by atoms with E-state index in [2.05, 4.69) is 4.72 Å². The Hall–Kier alpha value is -1.54. The van der Waals surface area contributed by atoms with Crippen LogP contribution in [-0.2, 0) is 15.6 Å². The molecule has 0 spiro atoms. The molecule has 0 aliphatic heterocycles. The van der Waals surface area contributed by atoms with Crippen LogP contribution in [0.1, 0.15) is 29.1 Å². The van der Waals surface area contributed by atoms with Gasteiger partial charge in [-0.2, -0.15) is 0 Å². The van der Waals surface area contributed by atoms with E-state index in [0.29, 0.717) is 10.4 Å². The molecule has 2 N–H and O–H groups in total. The van der Waals surface area contributed by atoms with Crippen LogP contribution < -0.4 is 4.72 Å². The Kier molecular flexibility index (Phi) is 4.81. The summed E-state index contributed by atoms with van der Waals surface area (Å²) in [6.07, 6.45) is 0. The molecule has 0 bridgehead atoms. The summed E-state index contributed by atoms with van der Waals surface area (Å²) in [6.45, 7) is 2.77. The minimum absolute atomic E-state index is 0.00202. The minimum Gasteiger partial charge on any atom is -0.383 e. The van der Waals surface area contributed by atoms with E-state index < -0.39 is 15.6 Å². The van der Waals surface area contributed by atoms with E-state index in [1.807, 2.05) is 5.38 Å². The molecule has 0 fully saturated rings. The third-order valence-corrected chi connectivity index (χ3v) is 5.73. The summed E-state index contributed by atoms with van der Waals surface area (Å²) in [4.78, 5) is 12.0. The number of hydrogen-bond donors (Lipinski definition) is 2. The van der Waals surface area contributed by atoms with Gasteiger partial charge in [-0.05, 0) is 37.4 Å². The van der Waals surface area contributed by atoms with Gasteiger partial charge in [0.15, 0.2) is 5.78 Å². The molecular formula is C15H17NO4S2. The van der Waals surface area contributed by atoms with Crippen LogP contribution >= 0.6 is 11.3 Å². The SMILES string of the molecule is CC(=O)c1cccc(S(=O)(=O)NC[C@@](C)(O)c2cccs2)c1. The van der Waals surface area contributed by atoms with Crippen LogP contribution in [0.5, 0.6) is 0 Å². The summed E-state index contributed by atoms with van der Waals surface area (Å²) in [5.41, 5.74) is -0.965. The van der Waals surface area contributed by atoms with Crippen LogP contribution in [0.2, 0.25) is 0 Å². The average molecular weight is 339 g/mol. The Morgan fingerprint density at radius 1 is 1.32 bits per heavy atom. The van der Waals surface area contributed by atoms with Crippen LogP contribution in [0.3, 0.4) is 0 Å². The fraction of sp³-hybridized carbons (Fsp3) is 0.267. The summed E-state index contributed by atoms with van der Waals surface area (Å²) < 4.78 is 27.0. The highest BCUT2D eigenvalue weighted by Crippen LogP contribution is 2.25. The van der Waals surface area contributed by atoms with Gasteiger partial charge in [0.2, 0.25) is 10.0 Å². The van der Waals surface area contributed by atoms with Gasteiger partial charge in [-0.3, -0.25) is 4.79 Å². The molecule has 7 heteroatoms. The molecule has 5 nitrogen and oxygen atoms in total. The van der Waals surface area contributed by atoms with Gasteiger partial charge in [-0.1, -0.05) is 18.2 Å². The van der Waals surface area contributed by atoms with Gasteiger partial charge in [-0.25, -0.2) is 13.1 Å². The van der Waals surface area contributed by atoms with Gasteiger partial charge in [-0.15, -0.1) is 11.3 Å². The van der Waals surface area contributed by atoms with Crippen molar-refractivity contribution in [3.63, 3.8) is 0 Å². The van der Waals surface area contributed by atoms with Crippen molar-refractivity contribution < 1.29 is 18.3 Å². The fourth-order valence-electron chi connectivity index (χ4n) is 1.87. The molecule has 0 saturated carbocycles. The van der Waals surface area contributed by atoms with Crippen LogP contribution in [-0.4, -0.2) is 25.9 Å². The predicted octanol–water partition coefficient (Wildman–Crippen LogP) is 2.14. The first-order chi connectivity index (χ1) is 10.2. The van der Waals surface area contributed by atoms with Crippen LogP contribution in [0.15, 0.2) is 46.7 Å². The molecule has 0 aliphatic carbocycles. The molecule has 118 valence electrons. The van der Waals surface area contributed by atoms with Crippen molar-refractivity contribution in [1.82, 2.24) is 4.72 Å². The number of hydrogen-bond acceptors (Lipinski definition) is 5. The summed E-state index contributed by atoms with van der Waals surface area (Å²) in [6, 6.07) is 9.35. The lowest BCUT2D eigenvalue weighted by Crippen LogP contribution is -2.38. The summed E-state index contributed by atoms with van der Waals surface area (Å²) in [7, 11) is -3.80. The van der Waals surface area contributed by atoms with Gasteiger partial charge in [0.25, 0.3) is 0 Å². The molecule has 1 atom stereocenters. The molecule has 2 aromatic rings. The van der Waals surface area contributed by atoms with Crippen LogP contribution in [0.25, 0.3) is 0 Å². The normalized spacial score (nSPS) is 14.5. The number of benzene rings is 1. The first-order valence-electron chi connectivity index (χ1n) is 6.59. The van der Waals surface area contributed by atoms with Crippen molar-refractivity contribution in [2.24, 2.45) is 0 Å². The molecule has 0 amide bonds. The van der Waals surface area contributed by atoms with Crippen molar-refractivity contribution >= 4 is 27.1 Å². The number of carbonyl (C=O) groups excluding carboxylic acids is 1. The van der Waals surface area contributed by atoms with E-state index in [4.69, 9.17) is 0 Å². The molecule has 0 saturated heterocycles. The second kappa shape index (κ2) is 6.29. The second-order valence-corrected chi connectivity index (χ2v) is 7.87. The molecule has 0 aliphatic rings. The topological polar surface area (TPSA) is 83.5 Å². The highest BCUT2D eigenvalue weighted by molar-refractivity contribution is 7.89. The van der Waals surface area contributed by atoms with Crippen LogP contribution in [0, 0.1) is 0 Å². The number of sulfonamides is 1. The monoisotopic (exact) mass is 339 g/mol. The fourth-order valence-corrected chi connectivity index (χ4v) is 3.84. The second-order valence-electron chi connectivity index (χ2n) is 5.16. The highest BCUT2D eigenvalue weighted by Gasteiger charge is 2.27. The Bertz CT molecular complexity index is 765. The highest BCUT2D eigenvalue weighted by atomic mass is 32.2. The van der Waals surface area contributed by atoms with Crippen molar-refractivity contribution in [1.29, 1.82) is 0 Å². The number of aliphatic hydroxyl groups is 1. The lowest BCUT2D eigenvalue weighted by atomic mass is 10.1. The van der Waals surface area contributed by atoms with Crippen molar-refractivity contribution in [2.45, 2.75) is 24.3 Å². The first kappa shape index (κ1) is 16.8. The molecular weight excluding hydrogens is 322 g/mol. The van der Waals surface area contributed by atoms with E-state index in [0.717, 1.165) is 0 Å². The van der Waals surface area contributed by atoms with Gasteiger partial charge >= 0.3 is 0 Å². The molecule has 0 radical (unpaired) electrons. The molecule has 0 unspecified atom stereocenters. The van der Waals surface area contributed by atoms with Gasteiger partial charge in [0.05, 0.1) is 4.90 Å². The van der Waals surface area contributed by atoms with E-state index in [1.165, 1.54) is 36.5 Å². The number of carbonyl (C=O) groups is 1. The molecule has 22 heavy (non-hydrogen) atoms. The summed E-state index contributed by atoms with van der Waals surface area (Å²) in [5.74, 6) is -0.206. The summed E-state index contributed by atoms with van der Waals surface area (Å²) >= 11 is 1.35. The third-order valence-electron chi connectivity index (χ3n) is 3.21. The number of ketones is 1. The Labute approximate surface area is 133 Å². The zero-order valence-corrected chi connectivity index (χ0v) is 13.9. The lowest BCUT2D eigenvalue weighted by molar-refractivity contribution is 0.0666. The maximum atomic E-state index is 12.3. The molecule has 1 aromatic carbocycles. The maximum absolute atomic E-state index is 12.3. The summed E-state index contributed by atoms with van der Waals surface area (Å²) in [5, 5.41) is 12.2. The smallest absolute Gasteiger partial charge is 0.240 e. The zero-order valence-electron chi connectivity index (χ0n) is 12.2. The Morgan fingerprint density at radius 3 is 2.64 bits per heavy atom. The average Bonchev–Trinajstić information content (AvgIpc) is 3.01. The maximum Gasteiger partial charge on any atom is 0.240 e. The van der Waals surface area contributed by atoms with Crippen molar-refractivity contribution in [3.8, 4) is 0 Å². The Balaban J connectivity index is 2.18. The molecule has 1 heterocycles. The Morgan fingerprint density at radius 2 is 2.05 bits per heavy atom. The van der Waals surface area contributed by atoms with Crippen LogP contribution in [0.4, 0.5) is 0 Å². The van der Waals surface area contributed by atoms with Crippen molar-refractivity contribution in [3.05, 3.63) is 52.2 Å². The lowest BCUT2D eigenvalue weighted by Gasteiger charge is -2.22. The largest absolute Gasteiger partial charge is 0.383 e. The predicted molar refractivity (Wildman–Crippen MR) is 85.5 cm³/mol. The molecule has 2 rings (SSSR count). The number of rotatable bonds is 6. The number of nitrogens with one attached hydrogen (secondary N) is 1. The van der Waals surface area contributed by atoms with E-state index >= 15 is 0 Å². The zero-order chi connectivity index (χ0) is 16.4. The third kappa shape index (κ3) is 3.80. The number of thiophene rings is 1. The van der Waals surface area contributed by atoms with E-state index in [9.17, 15) is 18.3 Å². The van der Waals surface area contributed by atoms with Crippen molar-refractivity contribution in [2.75, 3.05) is 6.54 Å². The van der Waals surface area contributed by atoms with E-state index in [-0.39, 0.29) is 17.2 Å². The standard InChI is InChI=1S/C15H17NO4S2/c1-11(17)12-5-3-6-13(9-12)22(19,20)16-10-15(2,18)14-7-4-8-21-14/h3-9,16,18H,10H2,1-2H3/t15-/m1/s1. The van der Waals surface area contributed by atoms with Gasteiger partial charge < -0.3 is 5.11 Å². The van der Waals surface area contributed by atoms with E-state index in [1.54, 1.807) is 25.1 Å². The van der Waals surface area contributed by atoms with Gasteiger partial charge in [0.1, 0.15) is 5.60 Å². The first-order valence-corrected chi connectivity index (χ1v) is 8.96. The van der Waals surface area contributed by atoms with Gasteiger partial charge in [0, 0.05) is 17.0 Å². The minimum atomic E-state index is -3.80. The number of Topliss-reactive ketones (excluding diaryl/α,β-unsaturated/α-hetero) is 1.